The molecule has 0 aliphatic carbocycles. The second-order valence-corrected chi connectivity index (χ2v) is 5.54. The molecule has 1 heterocycles. The molecule has 3 rings (SSSR count). The van der Waals surface area contributed by atoms with E-state index in [1.54, 1.807) is 0 Å². The van der Waals surface area contributed by atoms with Crippen LogP contribution in [0.3, 0.4) is 0 Å². The van der Waals surface area contributed by atoms with E-state index in [0.29, 0.717) is 0 Å². The van der Waals surface area contributed by atoms with Gasteiger partial charge in [-0.3, -0.25) is 0 Å². The lowest BCUT2D eigenvalue weighted by Gasteiger charge is -2.01. The minimum atomic E-state index is 0.722. The number of benzene rings is 2. The van der Waals surface area contributed by atoms with Gasteiger partial charge in [-0.05, 0) is 52.5 Å². The van der Waals surface area contributed by atoms with Crippen molar-refractivity contribution in [3.05, 3.63) is 63.5 Å². The van der Waals surface area contributed by atoms with E-state index in [-0.39, 0.29) is 0 Å². The Bertz CT molecular complexity index is 731. The van der Waals surface area contributed by atoms with Crippen LogP contribution < -0.4 is 0 Å². The summed E-state index contributed by atoms with van der Waals surface area (Å²) in [5.41, 5.74) is 5.39. The molecule has 3 heteroatoms. The maximum absolute atomic E-state index is 5.88. The lowest BCUT2D eigenvalue weighted by molar-refractivity contribution is 0.542. The average Bonchev–Trinajstić information content (AvgIpc) is 2.80. The number of halogens is 1. The van der Waals surface area contributed by atoms with Crippen LogP contribution in [0.1, 0.15) is 22.6 Å². The third kappa shape index (κ3) is 2.30. The molecule has 2 nitrogen and oxygen atoms in total. The molecule has 0 aliphatic rings. The third-order valence-electron chi connectivity index (χ3n) is 3.37. The fourth-order valence-corrected chi connectivity index (χ4v) is 2.73. The summed E-state index contributed by atoms with van der Waals surface area (Å²) >= 11 is 3.60. The molecular weight excluding hydrogens is 302 g/mol. The Kier molecular flexibility index (Phi) is 3.15. The molecule has 96 valence electrons. The van der Waals surface area contributed by atoms with Crippen molar-refractivity contribution in [1.82, 2.24) is 4.98 Å². The number of fused-ring (bicyclic) bond motifs is 1. The van der Waals surface area contributed by atoms with Crippen molar-refractivity contribution in [2.24, 2.45) is 0 Å². The molecule has 2 aromatic carbocycles. The number of aryl methyl sites for hydroxylation is 1. The second kappa shape index (κ2) is 4.82. The molecule has 0 saturated carbocycles. The maximum atomic E-state index is 5.88. The average molecular weight is 316 g/mol. The van der Waals surface area contributed by atoms with Crippen molar-refractivity contribution in [3.8, 4) is 0 Å². The third-order valence-corrected chi connectivity index (χ3v) is 4.32. The molecule has 19 heavy (non-hydrogen) atoms. The Balaban J connectivity index is 2.05. The maximum Gasteiger partial charge on any atom is 0.199 e. The van der Waals surface area contributed by atoms with Gasteiger partial charge in [0.05, 0.1) is 4.47 Å². The quantitative estimate of drug-likeness (QED) is 0.679. The molecule has 1 aromatic heterocycles. The molecule has 0 bridgehead atoms. The summed E-state index contributed by atoms with van der Waals surface area (Å²) in [6, 6.07) is 12.3. The monoisotopic (exact) mass is 315 g/mol. The van der Waals surface area contributed by atoms with E-state index in [0.717, 1.165) is 27.9 Å². The van der Waals surface area contributed by atoms with Gasteiger partial charge in [-0.2, -0.15) is 0 Å². The van der Waals surface area contributed by atoms with E-state index in [1.807, 2.05) is 18.2 Å². The predicted molar refractivity (Wildman–Crippen MR) is 80.4 cm³/mol. The number of hydrogen-bond donors (Lipinski definition) is 0. The Morgan fingerprint density at radius 3 is 2.63 bits per heavy atom. The minimum Gasteiger partial charge on any atom is -0.439 e. The summed E-state index contributed by atoms with van der Waals surface area (Å²) in [5, 5.41) is 0. The van der Waals surface area contributed by atoms with E-state index in [2.05, 4.69) is 53.0 Å². The highest BCUT2D eigenvalue weighted by Gasteiger charge is 2.12. The van der Waals surface area contributed by atoms with Crippen molar-refractivity contribution in [3.63, 3.8) is 0 Å². The molecule has 0 saturated heterocycles. The molecule has 0 fully saturated rings. The van der Waals surface area contributed by atoms with Crippen LogP contribution in [0.2, 0.25) is 0 Å². The normalized spacial score (nSPS) is 11.1. The Labute approximate surface area is 120 Å². The SMILES string of the molecule is Cc1cc2nc(Cc3ccccc3)oc2c(Br)c1C. The van der Waals surface area contributed by atoms with Gasteiger partial charge in [0.15, 0.2) is 11.5 Å². The first kappa shape index (κ1) is 12.4. The van der Waals surface area contributed by atoms with Crippen LogP contribution >= 0.6 is 15.9 Å². The van der Waals surface area contributed by atoms with Crippen LogP contribution in [0.4, 0.5) is 0 Å². The van der Waals surface area contributed by atoms with E-state index >= 15 is 0 Å². The molecule has 0 radical (unpaired) electrons. The summed E-state index contributed by atoms with van der Waals surface area (Å²) in [6.07, 6.45) is 0.722. The number of aromatic nitrogens is 1. The molecular formula is C16H14BrNO. The van der Waals surface area contributed by atoms with Gasteiger partial charge in [0.1, 0.15) is 5.52 Å². The zero-order valence-electron chi connectivity index (χ0n) is 10.9. The summed E-state index contributed by atoms with van der Waals surface area (Å²) in [6.45, 7) is 4.17. The number of oxazole rings is 1. The van der Waals surface area contributed by atoms with Crippen LogP contribution in [0.5, 0.6) is 0 Å². The first-order chi connectivity index (χ1) is 9.15. The standard InChI is InChI=1S/C16H14BrNO/c1-10-8-13-16(15(17)11(10)2)19-14(18-13)9-12-6-4-3-5-7-12/h3-8H,9H2,1-2H3. The van der Waals surface area contributed by atoms with E-state index in [4.69, 9.17) is 4.42 Å². The van der Waals surface area contributed by atoms with Crippen LogP contribution in [0, 0.1) is 13.8 Å². The highest BCUT2D eigenvalue weighted by atomic mass is 79.9. The van der Waals surface area contributed by atoms with Crippen molar-refractivity contribution < 1.29 is 4.42 Å². The fraction of sp³-hybridized carbons (Fsp3) is 0.188. The van der Waals surface area contributed by atoms with Crippen molar-refractivity contribution in [2.75, 3.05) is 0 Å². The fourth-order valence-electron chi connectivity index (χ4n) is 2.14. The second-order valence-electron chi connectivity index (χ2n) is 4.75. The summed E-state index contributed by atoms with van der Waals surface area (Å²) < 4.78 is 6.89. The van der Waals surface area contributed by atoms with Gasteiger partial charge >= 0.3 is 0 Å². The summed E-state index contributed by atoms with van der Waals surface area (Å²) in [4.78, 5) is 4.57. The molecule has 0 aliphatic heterocycles. The minimum absolute atomic E-state index is 0.722. The Hall–Kier alpha value is -1.61. The molecule has 0 amide bonds. The van der Waals surface area contributed by atoms with Gasteiger partial charge in [0, 0.05) is 6.42 Å². The van der Waals surface area contributed by atoms with Gasteiger partial charge in [-0.25, -0.2) is 4.98 Å². The van der Waals surface area contributed by atoms with E-state index in [1.165, 1.54) is 16.7 Å². The van der Waals surface area contributed by atoms with Crippen molar-refractivity contribution >= 4 is 27.0 Å². The Morgan fingerprint density at radius 1 is 1.16 bits per heavy atom. The van der Waals surface area contributed by atoms with Crippen molar-refractivity contribution in [2.45, 2.75) is 20.3 Å². The highest BCUT2D eigenvalue weighted by molar-refractivity contribution is 9.10. The van der Waals surface area contributed by atoms with Gasteiger partial charge < -0.3 is 4.42 Å². The summed E-state index contributed by atoms with van der Waals surface area (Å²) in [5.74, 6) is 0.756. The number of rotatable bonds is 2. The lowest BCUT2D eigenvalue weighted by atomic mass is 10.1. The van der Waals surface area contributed by atoms with Gasteiger partial charge in [-0.1, -0.05) is 30.3 Å². The topological polar surface area (TPSA) is 26.0 Å². The first-order valence-corrected chi connectivity index (χ1v) is 7.03. The van der Waals surface area contributed by atoms with Crippen LogP contribution in [-0.4, -0.2) is 4.98 Å². The lowest BCUT2D eigenvalue weighted by Crippen LogP contribution is -1.86. The van der Waals surface area contributed by atoms with Crippen LogP contribution in [0.15, 0.2) is 45.3 Å². The molecule has 0 atom stereocenters. The van der Waals surface area contributed by atoms with Crippen molar-refractivity contribution in [1.29, 1.82) is 0 Å². The largest absolute Gasteiger partial charge is 0.439 e. The molecule has 0 unspecified atom stereocenters. The zero-order valence-corrected chi connectivity index (χ0v) is 12.5. The van der Waals surface area contributed by atoms with E-state index < -0.39 is 0 Å². The number of nitrogens with zero attached hydrogens (tertiary/aromatic N) is 1. The first-order valence-electron chi connectivity index (χ1n) is 6.24. The predicted octanol–water partition coefficient (Wildman–Crippen LogP) is 4.80. The van der Waals surface area contributed by atoms with E-state index in [9.17, 15) is 0 Å². The van der Waals surface area contributed by atoms with Gasteiger partial charge in [-0.15, -0.1) is 0 Å². The molecule has 3 aromatic rings. The summed E-state index contributed by atoms with van der Waals surface area (Å²) in [7, 11) is 0. The molecule has 0 spiro atoms. The van der Waals surface area contributed by atoms with Crippen LogP contribution in [-0.2, 0) is 6.42 Å². The number of hydrogen-bond acceptors (Lipinski definition) is 2. The van der Waals surface area contributed by atoms with Gasteiger partial charge in [0.2, 0.25) is 0 Å². The smallest absolute Gasteiger partial charge is 0.199 e. The molecule has 0 N–H and O–H groups in total. The van der Waals surface area contributed by atoms with Gasteiger partial charge in [0.25, 0.3) is 0 Å². The highest BCUT2D eigenvalue weighted by Crippen LogP contribution is 2.31. The Morgan fingerprint density at radius 2 is 1.89 bits per heavy atom. The zero-order chi connectivity index (χ0) is 13.4. The van der Waals surface area contributed by atoms with Crippen LogP contribution in [0.25, 0.3) is 11.1 Å².